The molecule has 1 aromatic heterocycles. The van der Waals surface area contributed by atoms with E-state index in [0.717, 1.165) is 17.4 Å². The zero-order valence-corrected chi connectivity index (χ0v) is 16.4. The zero-order valence-electron chi connectivity index (χ0n) is 15.6. The van der Waals surface area contributed by atoms with Gasteiger partial charge < -0.3 is 10.6 Å². The number of benzene rings is 2. The van der Waals surface area contributed by atoms with Crippen molar-refractivity contribution in [2.75, 3.05) is 5.32 Å². The van der Waals surface area contributed by atoms with Crippen LogP contribution in [0.1, 0.15) is 37.2 Å². The molecule has 0 bridgehead atoms. The second-order valence-electron chi connectivity index (χ2n) is 6.45. The van der Waals surface area contributed by atoms with Crippen molar-refractivity contribution in [2.24, 2.45) is 0 Å². The SMILES string of the molecule is Cc1cc(NC(=O)c2cccc(F)c2)sc1C(=O)NC(c1ccccc1)C(F)(F)F. The molecule has 0 spiro atoms. The lowest BCUT2D eigenvalue weighted by Gasteiger charge is -2.22. The van der Waals surface area contributed by atoms with Gasteiger partial charge >= 0.3 is 6.18 Å². The molecule has 1 heterocycles. The summed E-state index contributed by atoms with van der Waals surface area (Å²) in [5.74, 6) is -2.08. The van der Waals surface area contributed by atoms with Crippen molar-refractivity contribution in [1.82, 2.24) is 5.32 Å². The number of thiophene rings is 1. The first-order valence-electron chi connectivity index (χ1n) is 8.75. The van der Waals surface area contributed by atoms with E-state index in [2.05, 4.69) is 5.32 Å². The Balaban J connectivity index is 1.78. The summed E-state index contributed by atoms with van der Waals surface area (Å²) >= 11 is 0.838. The lowest BCUT2D eigenvalue weighted by atomic mass is 10.1. The van der Waals surface area contributed by atoms with Gasteiger partial charge in [-0.2, -0.15) is 13.2 Å². The van der Waals surface area contributed by atoms with E-state index in [1.807, 2.05) is 5.32 Å². The first-order chi connectivity index (χ1) is 14.1. The van der Waals surface area contributed by atoms with E-state index in [4.69, 9.17) is 0 Å². The predicted octanol–water partition coefficient (Wildman–Crippen LogP) is 5.48. The fourth-order valence-electron chi connectivity index (χ4n) is 2.78. The highest BCUT2D eigenvalue weighted by Gasteiger charge is 2.42. The van der Waals surface area contributed by atoms with Crippen molar-refractivity contribution in [3.05, 3.63) is 88.0 Å². The first kappa shape index (κ1) is 21.5. The molecule has 3 aromatic rings. The highest BCUT2D eigenvalue weighted by atomic mass is 32.1. The third-order valence-corrected chi connectivity index (χ3v) is 5.33. The number of carbonyl (C=O) groups is 2. The van der Waals surface area contributed by atoms with Crippen molar-refractivity contribution in [3.8, 4) is 0 Å². The lowest BCUT2D eigenvalue weighted by Crippen LogP contribution is -2.38. The number of hydrogen-bond donors (Lipinski definition) is 2. The highest BCUT2D eigenvalue weighted by molar-refractivity contribution is 7.18. The summed E-state index contributed by atoms with van der Waals surface area (Å²) in [7, 11) is 0. The second kappa shape index (κ2) is 8.66. The third-order valence-electron chi connectivity index (χ3n) is 4.18. The van der Waals surface area contributed by atoms with Crippen molar-refractivity contribution >= 4 is 28.2 Å². The van der Waals surface area contributed by atoms with Gasteiger partial charge in [0.15, 0.2) is 6.04 Å². The van der Waals surface area contributed by atoms with Gasteiger partial charge in [-0.05, 0) is 42.3 Å². The molecule has 1 unspecified atom stereocenters. The van der Waals surface area contributed by atoms with E-state index in [1.54, 1.807) is 13.0 Å². The summed E-state index contributed by atoms with van der Waals surface area (Å²) in [5, 5.41) is 4.81. The number of alkyl halides is 3. The summed E-state index contributed by atoms with van der Waals surface area (Å²) in [5.41, 5.74) is 0.390. The zero-order chi connectivity index (χ0) is 21.9. The number of nitrogens with one attached hydrogen (secondary N) is 2. The fraction of sp³-hybridized carbons (Fsp3) is 0.143. The Morgan fingerprint density at radius 3 is 2.30 bits per heavy atom. The Hall–Kier alpha value is -3.20. The third kappa shape index (κ3) is 5.04. The van der Waals surface area contributed by atoms with Crippen LogP contribution in [-0.2, 0) is 0 Å². The average molecular weight is 436 g/mol. The number of amides is 2. The molecule has 2 aromatic carbocycles. The molecule has 4 nitrogen and oxygen atoms in total. The molecule has 2 amide bonds. The average Bonchev–Trinajstić information content (AvgIpc) is 3.06. The van der Waals surface area contributed by atoms with Crippen LogP contribution < -0.4 is 10.6 Å². The van der Waals surface area contributed by atoms with Gasteiger partial charge in [-0.25, -0.2) is 4.39 Å². The number of carbonyl (C=O) groups excluding carboxylic acids is 2. The van der Waals surface area contributed by atoms with Crippen LogP contribution in [0, 0.1) is 12.7 Å². The van der Waals surface area contributed by atoms with E-state index in [0.29, 0.717) is 5.56 Å². The minimum absolute atomic E-state index is 0.0368. The molecule has 0 aliphatic rings. The predicted molar refractivity (Wildman–Crippen MR) is 106 cm³/mol. The molecule has 156 valence electrons. The van der Waals surface area contributed by atoms with Crippen LogP contribution in [0.5, 0.6) is 0 Å². The Morgan fingerprint density at radius 1 is 0.967 bits per heavy atom. The fourth-order valence-corrected chi connectivity index (χ4v) is 3.75. The van der Waals surface area contributed by atoms with Crippen LogP contribution in [0.4, 0.5) is 22.6 Å². The summed E-state index contributed by atoms with van der Waals surface area (Å²) in [6.45, 7) is 1.55. The van der Waals surface area contributed by atoms with Gasteiger partial charge in [0.25, 0.3) is 11.8 Å². The Bertz CT molecular complexity index is 1060. The largest absolute Gasteiger partial charge is 0.412 e. The molecule has 0 aliphatic heterocycles. The first-order valence-corrected chi connectivity index (χ1v) is 9.56. The van der Waals surface area contributed by atoms with Crippen LogP contribution >= 0.6 is 11.3 Å². The smallest absolute Gasteiger partial charge is 0.336 e. The van der Waals surface area contributed by atoms with E-state index in [9.17, 15) is 27.2 Å². The standard InChI is InChI=1S/C21H16F4N2O2S/c1-12-10-16(26-19(28)14-8-5-9-15(22)11-14)30-17(12)20(29)27-18(21(23,24)25)13-6-3-2-4-7-13/h2-11,18H,1H3,(H,26,28)(H,27,29). The molecule has 2 N–H and O–H groups in total. The molecule has 0 saturated heterocycles. The Labute approximate surface area is 173 Å². The molecule has 0 fully saturated rings. The van der Waals surface area contributed by atoms with E-state index < -0.39 is 29.8 Å². The van der Waals surface area contributed by atoms with Crippen LogP contribution in [0.25, 0.3) is 0 Å². The van der Waals surface area contributed by atoms with Gasteiger partial charge in [-0.15, -0.1) is 11.3 Å². The number of aryl methyl sites for hydroxylation is 1. The highest BCUT2D eigenvalue weighted by Crippen LogP contribution is 2.34. The van der Waals surface area contributed by atoms with Crippen molar-refractivity contribution in [3.63, 3.8) is 0 Å². The van der Waals surface area contributed by atoms with E-state index in [-0.39, 0.29) is 21.0 Å². The normalized spacial score (nSPS) is 12.3. The number of rotatable bonds is 5. The van der Waals surface area contributed by atoms with Crippen molar-refractivity contribution in [2.45, 2.75) is 19.1 Å². The van der Waals surface area contributed by atoms with Gasteiger partial charge in [0, 0.05) is 5.56 Å². The maximum atomic E-state index is 13.5. The molecule has 0 aliphatic carbocycles. The number of halogens is 4. The minimum Gasteiger partial charge on any atom is -0.336 e. The maximum absolute atomic E-state index is 13.5. The van der Waals surface area contributed by atoms with Gasteiger partial charge in [0.05, 0.1) is 9.88 Å². The van der Waals surface area contributed by atoms with Crippen molar-refractivity contribution in [1.29, 1.82) is 0 Å². The molecule has 9 heteroatoms. The maximum Gasteiger partial charge on any atom is 0.412 e. The van der Waals surface area contributed by atoms with Gasteiger partial charge in [0.2, 0.25) is 0 Å². The number of anilines is 1. The Morgan fingerprint density at radius 2 is 1.67 bits per heavy atom. The van der Waals surface area contributed by atoms with E-state index >= 15 is 0 Å². The summed E-state index contributed by atoms with van der Waals surface area (Å²) in [6, 6.07) is 11.4. The molecule has 3 rings (SSSR count). The number of hydrogen-bond acceptors (Lipinski definition) is 3. The second-order valence-corrected chi connectivity index (χ2v) is 7.50. The molecule has 30 heavy (non-hydrogen) atoms. The molecular formula is C21H16F4N2O2S. The van der Waals surface area contributed by atoms with Gasteiger partial charge in [0.1, 0.15) is 5.82 Å². The van der Waals surface area contributed by atoms with Crippen LogP contribution in [-0.4, -0.2) is 18.0 Å². The summed E-state index contributed by atoms with van der Waals surface area (Å²) in [4.78, 5) is 24.8. The van der Waals surface area contributed by atoms with Crippen LogP contribution in [0.3, 0.4) is 0 Å². The topological polar surface area (TPSA) is 58.2 Å². The van der Waals surface area contributed by atoms with Crippen LogP contribution in [0.15, 0.2) is 60.7 Å². The molecule has 0 radical (unpaired) electrons. The summed E-state index contributed by atoms with van der Waals surface area (Å²) < 4.78 is 53.7. The monoisotopic (exact) mass is 436 g/mol. The summed E-state index contributed by atoms with van der Waals surface area (Å²) in [6.07, 6.45) is -4.68. The van der Waals surface area contributed by atoms with Crippen molar-refractivity contribution < 1.29 is 27.2 Å². The van der Waals surface area contributed by atoms with Gasteiger partial charge in [-0.1, -0.05) is 36.4 Å². The van der Waals surface area contributed by atoms with Crippen LogP contribution in [0.2, 0.25) is 0 Å². The Kier molecular flexibility index (Phi) is 6.21. The molecule has 1 atom stereocenters. The minimum atomic E-state index is -4.68. The van der Waals surface area contributed by atoms with E-state index in [1.165, 1.54) is 48.5 Å². The van der Waals surface area contributed by atoms with Gasteiger partial charge in [-0.3, -0.25) is 9.59 Å². The quantitative estimate of drug-likeness (QED) is 0.521. The lowest BCUT2D eigenvalue weighted by molar-refractivity contribution is -0.155. The molecular weight excluding hydrogens is 420 g/mol. The molecule has 0 saturated carbocycles.